The molecule has 0 atom stereocenters. The molecule has 0 saturated carbocycles. The van der Waals surface area contributed by atoms with Crippen LogP contribution in [0.15, 0.2) is 44.3 Å². The molecule has 0 spiro atoms. The number of halogens is 1. The van der Waals surface area contributed by atoms with Gasteiger partial charge in [-0.05, 0) is 38.1 Å². The van der Waals surface area contributed by atoms with Crippen LogP contribution in [0.3, 0.4) is 0 Å². The van der Waals surface area contributed by atoms with Crippen molar-refractivity contribution in [3.05, 3.63) is 67.9 Å². The van der Waals surface area contributed by atoms with Crippen LogP contribution in [0.25, 0.3) is 0 Å². The number of aryl methyl sites for hydroxylation is 1. The number of rotatable bonds is 6. The van der Waals surface area contributed by atoms with Crippen LogP contribution in [0.2, 0.25) is 0 Å². The van der Waals surface area contributed by atoms with Crippen molar-refractivity contribution in [2.24, 2.45) is 5.84 Å². The Balaban J connectivity index is 0.00000107. The van der Waals surface area contributed by atoms with E-state index < -0.39 is 16.8 Å². The van der Waals surface area contributed by atoms with Crippen LogP contribution in [0.5, 0.6) is 5.75 Å². The molecule has 0 aliphatic heterocycles. The van der Waals surface area contributed by atoms with Crippen molar-refractivity contribution in [3.8, 4) is 5.75 Å². The van der Waals surface area contributed by atoms with E-state index in [1.54, 1.807) is 33.2 Å². The van der Waals surface area contributed by atoms with Gasteiger partial charge in [-0.1, -0.05) is 6.07 Å². The van der Waals surface area contributed by atoms with Gasteiger partial charge in [-0.2, -0.15) is 0 Å². The number of benzene rings is 1. The number of carbonyl (C=O) groups excluding carboxylic acids is 1. The number of alkyl halides is 1. The van der Waals surface area contributed by atoms with Gasteiger partial charge in [0.05, 0.1) is 18.8 Å². The first kappa shape index (κ1) is 23.6. The summed E-state index contributed by atoms with van der Waals surface area (Å²) in [4.78, 5) is 37.6. The second-order valence-corrected chi connectivity index (χ2v) is 6.76. The minimum atomic E-state index is -0.788. The van der Waals surface area contributed by atoms with Crippen molar-refractivity contribution in [3.63, 3.8) is 0 Å². The quantitative estimate of drug-likeness (QED) is 0.307. The Kier molecular flexibility index (Phi) is 7.54. The summed E-state index contributed by atoms with van der Waals surface area (Å²) in [5.41, 5.74) is -1.53. The number of aromatic hydroxyl groups is 1. The van der Waals surface area contributed by atoms with Crippen molar-refractivity contribution < 1.29 is 18.7 Å². The van der Waals surface area contributed by atoms with Gasteiger partial charge < -0.3 is 19.7 Å². The second kappa shape index (κ2) is 9.90. The first-order valence-corrected chi connectivity index (χ1v) is 9.40. The molecule has 166 valence electrons. The van der Waals surface area contributed by atoms with Gasteiger partial charge in [-0.3, -0.25) is 23.8 Å². The minimum Gasteiger partial charge on any atom is -0.505 e. The highest BCUT2D eigenvalue weighted by Gasteiger charge is 2.28. The summed E-state index contributed by atoms with van der Waals surface area (Å²) >= 11 is 0. The average molecular weight is 432 g/mol. The second-order valence-electron chi connectivity index (χ2n) is 6.76. The Morgan fingerprint density at radius 1 is 1.19 bits per heavy atom. The smallest absolute Gasteiger partial charge is 0.257 e. The predicted molar refractivity (Wildman–Crippen MR) is 116 cm³/mol. The normalized spacial score (nSPS) is 10.4. The third-order valence-electron chi connectivity index (χ3n) is 4.27. The highest BCUT2D eigenvalue weighted by molar-refractivity contribution is 5.99. The fourth-order valence-corrected chi connectivity index (χ4v) is 2.79. The van der Waals surface area contributed by atoms with Crippen LogP contribution < -0.4 is 27.0 Å². The maximum atomic E-state index is 12.2. The highest BCUT2D eigenvalue weighted by Crippen LogP contribution is 2.35. The summed E-state index contributed by atoms with van der Waals surface area (Å²) in [6, 6.07) is 7.93. The molecule has 9 nitrogen and oxygen atoms in total. The Bertz CT molecular complexity index is 1130. The van der Waals surface area contributed by atoms with Crippen molar-refractivity contribution in [1.29, 1.82) is 0 Å². The summed E-state index contributed by atoms with van der Waals surface area (Å²) in [5.74, 6) is 6.51. The first-order chi connectivity index (χ1) is 14.6. The van der Waals surface area contributed by atoms with Gasteiger partial charge in [-0.15, -0.1) is 0 Å². The van der Waals surface area contributed by atoms with Gasteiger partial charge in [0.1, 0.15) is 28.6 Å². The number of hydrogen-bond acceptors (Lipinski definition) is 8. The van der Waals surface area contributed by atoms with E-state index in [4.69, 9.17) is 10.3 Å². The number of anilines is 3. The summed E-state index contributed by atoms with van der Waals surface area (Å²) in [5, 5.41) is 14.2. The number of amides is 1. The molecule has 1 heterocycles. The molecule has 10 heteroatoms. The molecule has 0 unspecified atom stereocenters. The first-order valence-electron chi connectivity index (χ1n) is 9.40. The average Bonchev–Trinajstić information content (AvgIpc) is 3.15. The Morgan fingerprint density at radius 2 is 1.84 bits per heavy atom. The summed E-state index contributed by atoms with van der Waals surface area (Å²) in [7, 11) is 3.09. The fourth-order valence-electron chi connectivity index (χ4n) is 2.79. The molecule has 0 aliphatic rings. The summed E-state index contributed by atoms with van der Waals surface area (Å²) in [6.45, 7) is 3.18. The van der Waals surface area contributed by atoms with E-state index in [1.165, 1.54) is 30.0 Å². The molecule has 0 radical (unpaired) electrons. The highest BCUT2D eigenvalue weighted by atomic mass is 19.1. The third kappa shape index (κ3) is 4.92. The summed E-state index contributed by atoms with van der Waals surface area (Å²) < 4.78 is 15.7. The van der Waals surface area contributed by atoms with E-state index in [1.807, 2.05) is 0 Å². The molecule has 0 saturated heterocycles. The van der Waals surface area contributed by atoms with E-state index >= 15 is 0 Å². The van der Waals surface area contributed by atoms with E-state index in [-0.39, 0.29) is 41.6 Å². The Hall–Kier alpha value is -3.66. The molecule has 0 fully saturated rings. The van der Waals surface area contributed by atoms with Crippen molar-refractivity contribution in [1.82, 2.24) is 4.90 Å². The van der Waals surface area contributed by atoms with Crippen molar-refractivity contribution in [2.75, 3.05) is 31.1 Å². The maximum absolute atomic E-state index is 12.2. The lowest BCUT2D eigenvalue weighted by Crippen LogP contribution is -2.43. The third-order valence-corrected chi connectivity index (χ3v) is 4.27. The van der Waals surface area contributed by atoms with Crippen LogP contribution in [0.1, 0.15) is 28.8 Å². The standard InChI is InChI=1S/C19H20N4O5.C2H5F/c1-10-7-8-11(28-10)9-21-14-15(18(26)17(14)25)23(20)13-6-4-5-12(16(13)24)19(27)22(2)3;1-2-3/h4-8,21,24H,9,20H2,1-3H3;2H2,1H3. The van der Waals surface area contributed by atoms with Gasteiger partial charge in [0.15, 0.2) is 5.75 Å². The zero-order valence-electron chi connectivity index (χ0n) is 17.7. The zero-order valence-corrected chi connectivity index (χ0v) is 17.7. The van der Waals surface area contributed by atoms with Gasteiger partial charge in [0, 0.05) is 14.1 Å². The number of phenolic OH excluding ortho intramolecular Hbond substituents is 1. The zero-order chi connectivity index (χ0) is 23.3. The van der Waals surface area contributed by atoms with Gasteiger partial charge in [-0.25, -0.2) is 5.84 Å². The van der Waals surface area contributed by atoms with Gasteiger partial charge in [0.2, 0.25) is 0 Å². The van der Waals surface area contributed by atoms with Gasteiger partial charge >= 0.3 is 0 Å². The number of hydrazine groups is 1. The van der Waals surface area contributed by atoms with Crippen LogP contribution in [0.4, 0.5) is 21.5 Å². The molecular weight excluding hydrogens is 407 g/mol. The number of carbonyl (C=O) groups is 1. The van der Waals surface area contributed by atoms with Crippen molar-refractivity contribution in [2.45, 2.75) is 20.4 Å². The maximum Gasteiger partial charge on any atom is 0.257 e. The SMILES string of the molecule is CCF.Cc1ccc(CNc2c(N(N)c3cccc(C(=O)N(C)C)c3O)c(=O)c2=O)o1. The lowest BCUT2D eigenvalue weighted by atomic mass is 10.1. The molecule has 1 amide bonds. The topological polar surface area (TPSA) is 129 Å². The lowest BCUT2D eigenvalue weighted by molar-refractivity contribution is 0.0824. The molecule has 0 aliphatic carbocycles. The fraction of sp³-hybridized carbons (Fsp3) is 0.286. The largest absolute Gasteiger partial charge is 0.505 e. The molecular formula is C21H25FN4O5. The molecule has 3 rings (SSSR count). The molecule has 4 N–H and O–H groups in total. The number of hydrogen-bond donors (Lipinski definition) is 3. The van der Waals surface area contributed by atoms with Crippen LogP contribution in [-0.2, 0) is 6.54 Å². The lowest BCUT2D eigenvalue weighted by Gasteiger charge is -2.24. The number of nitrogens with two attached hydrogens (primary N) is 1. The van der Waals surface area contributed by atoms with Gasteiger partial charge in [0.25, 0.3) is 16.8 Å². The minimum absolute atomic E-state index is 0.0188. The van der Waals surface area contributed by atoms with E-state index in [0.717, 1.165) is 10.8 Å². The predicted octanol–water partition coefficient (Wildman–Crippen LogP) is 2.19. The number of nitrogens with one attached hydrogen (secondary N) is 1. The van der Waals surface area contributed by atoms with E-state index in [0.29, 0.717) is 5.76 Å². The summed E-state index contributed by atoms with van der Waals surface area (Å²) in [6.07, 6.45) is 0. The number of phenols is 1. The molecule has 2 aromatic carbocycles. The number of furan rings is 1. The van der Waals surface area contributed by atoms with Crippen LogP contribution in [-0.4, -0.2) is 36.7 Å². The Morgan fingerprint density at radius 3 is 2.39 bits per heavy atom. The van der Waals surface area contributed by atoms with Crippen molar-refractivity contribution >= 4 is 23.0 Å². The monoisotopic (exact) mass is 432 g/mol. The number of para-hydroxylation sites is 1. The van der Waals surface area contributed by atoms with E-state index in [2.05, 4.69) is 5.32 Å². The molecule has 0 bridgehead atoms. The van der Waals surface area contributed by atoms with E-state index in [9.17, 15) is 23.9 Å². The van der Waals surface area contributed by atoms with Crippen LogP contribution >= 0.6 is 0 Å². The molecule has 1 aromatic heterocycles. The van der Waals surface area contributed by atoms with Crippen LogP contribution in [0, 0.1) is 6.92 Å². The molecule has 3 aromatic rings. The Labute approximate surface area is 178 Å². The number of nitrogens with zero attached hydrogens (tertiary/aromatic N) is 2. The molecule has 31 heavy (non-hydrogen) atoms.